The molecule has 1 N–H and O–H groups in total. The second-order valence-corrected chi connectivity index (χ2v) is 5.59. The van der Waals surface area contributed by atoms with Gasteiger partial charge in [0.2, 0.25) is 5.91 Å². The smallest absolute Gasteiger partial charge is 0.236 e. The van der Waals surface area contributed by atoms with Gasteiger partial charge in [0.05, 0.1) is 18.6 Å². The maximum atomic E-state index is 13.6. The van der Waals surface area contributed by atoms with E-state index in [1.807, 2.05) is 6.26 Å². The molecule has 0 atom stereocenters. The summed E-state index contributed by atoms with van der Waals surface area (Å²) < 4.78 is 18.5. The first kappa shape index (κ1) is 14.8. The van der Waals surface area contributed by atoms with Crippen LogP contribution in [0.2, 0.25) is 0 Å². The van der Waals surface area contributed by atoms with Gasteiger partial charge in [-0.3, -0.25) is 4.79 Å². The van der Waals surface area contributed by atoms with Gasteiger partial charge in [0.15, 0.2) is 16.7 Å². The second kappa shape index (κ2) is 6.71. The SMILES string of the molecule is COc1ccc(-c2csc(NC(=O)CSC)n2)cc1F. The van der Waals surface area contributed by atoms with Crippen LogP contribution < -0.4 is 10.1 Å². The number of nitrogens with zero attached hydrogens (tertiary/aromatic N) is 1. The highest BCUT2D eigenvalue weighted by atomic mass is 32.2. The van der Waals surface area contributed by atoms with Gasteiger partial charge in [-0.05, 0) is 24.5 Å². The van der Waals surface area contributed by atoms with Crippen LogP contribution in [0.25, 0.3) is 11.3 Å². The third-order valence-electron chi connectivity index (χ3n) is 2.47. The second-order valence-electron chi connectivity index (χ2n) is 3.87. The Morgan fingerprint density at radius 2 is 2.35 bits per heavy atom. The number of carbonyl (C=O) groups excluding carboxylic acids is 1. The lowest BCUT2D eigenvalue weighted by Crippen LogP contribution is -2.13. The van der Waals surface area contributed by atoms with Crippen LogP contribution in [0.5, 0.6) is 5.75 Å². The number of rotatable bonds is 5. The molecule has 0 radical (unpaired) electrons. The van der Waals surface area contributed by atoms with Gasteiger partial charge in [-0.15, -0.1) is 11.3 Å². The van der Waals surface area contributed by atoms with Gasteiger partial charge >= 0.3 is 0 Å². The Labute approximate surface area is 124 Å². The standard InChI is InChI=1S/C13H13FN2O2S2/c1-18-11-4-3-8(5-9(11)14)10-6-20-13(15-10)16-12(17)7-19-2/h3-6H,7H2,1-2H3,(H,15,16,17). The fraction of sp³-hybridized carbons (Fsp3) is 0.231. The summed E-state index contributed by atoms with van der Waals surface area (Å²) in [6, 6.07) is 4.64. The molecule has 4 nitrogen and oxygen atoms in total. The van der Waals surface area contributed by atoms with Crippen molar-refractivity contribution in [3.63, 3.8) is 0 Å². The third-order valence-corrected chi connectivity index (χ3v) is 3.78. The van der Waals surface area contributed by atoms with Crippen molar-refractivity contribution in [1.29, 1.82) is 0 Å². The molecule has 0 saturated carbocycles. The molecule has 0 saturated heterocycles. The molecule has 0 aliphatic rings. The predicted octanol–water partition coefficient (Wildman–Crippen LogP) is 3.26. The lowest BCUT2D eigenvalue weighted by molar-refractivity contribution is -0.113. The molecule has 7 heteroatoms. The summed E-state index contributed by atoms with van der Waals surface area (Å²) in [5.74, 6) is 0.0364. The molecular formula is C13H13FN2O2S2. The van der Waals surface area contributed by atoms with Gasteiger partial charge in [0.1, 0.15) is 0 Å². The topological polar surface area (TPSA) is 51.2 Å². The van der Waals surface area contributed by atoms with Crippen LogP contribution in [0, 0.1) is 5.82 Å². The highest BCUT2D eigenvalue weighted by Crippen LogP contribution is 2.28. The molecule has 0 bridgehead atoms. The van der Waals surface area contributed by atoms with Gasteiger partial charge in [-0.1, -0.05) is 0 Å². The number of ether oxygens (including phenoxy) is 1. The van der Waals surface area contributed by atoms with E-state index in [1.165, 1.54) is 36.3 Å². The molecule has 106 valence electrons. The van der Waals surface area contributed by atoms with E-state index in [9.17, 15) is 9.18 Å². The van der Waals surface area contributed by atoms with Crippen molar-refractivity contribution in [2.75, 3.05) is 24.4 Å². The minimum Gasteiger partial charge on any atom is -0.494 e. The summed E-state index contributed by atoms with van der Waals surface area (Å²) in [5.41, 5.74) is 1.26. The number of halogens is 1. The van der Waals surface area contributed by atoms with E-state index < -0.39 is 5.82 Å². The van der Waals surface area contributed by atoms with E-state index in [4.69, 9.17) is 4.74 Å². The normalized spacial score (nSPS) is 10.3. The molecular weight excluding hydrogens is 299 g/mol. The summed E-state index contributed by atoms with van der Waals surface area (Å²) in [5, 5.41) is 4.98. The largest absolute Gasteiger partial charge is 0.494 e. The Balaban J connectivity index is 2.16. The predicted molar refractivity (Wildman–Crippen MR) is 81.1 cm³/mol. The summed E-state index contributed by atoms with van der Waals surface area (Å²) >= 11 is 2.75. The summed E-state index contributed by atoms with van der Waals surface area (Å²) in [7, 11) is 1.42. The Morgan fingerprint density at radius 1 is 1.55 bits per heavy atom. The Kier molecular flexibility index (Phi) is 4.97. The third kappa shape index (κ3) is 3.49. The van der Waals surface area contributed by atoms with E-state index in [0.717, 1.165) is 0 Å². The average Bonchev–Trinajstić information content (AvgIpc) is 2.87. The minimum absolute atomic E-state index is 0.0979. The number of aromatic nitrogens is 1. The molecule has 0 aliphatic carbocycles. The number of anilines is 1. The molecule has 1 heterocycles. The fourth-order valence-corrected chi connectivity index (χ4v) is 2.65. The van der Waals surface area contributed by atoms with Crippen molar-refractivity contribution in [2.45, 2.75) is 0 Å². The number of methoxy groups -OCH3 is 1. The van der Waals surface area contributed by atoms with Crippen molar-refractivity contribution in [1.82, 2.24) is 4.98 Å². The number of hydrogen-bond donors (Lipinski definition) is 1. The Bertz CT molecular complexity index is 616. The van der Waals surface area contributed by atoms with Crippen molar-refractivity contribution in [3.05, 3.63) is 29.4 Å². The number of amides is 1. The Hall–Kier alpha value is -1.60. The zero-order chi connectivity index (χ0) is 14.5. The highest BCUT2D eigenvalue weighted by molar-refractivity contribution is 7.99. The number of benzene rings is 1. The molecule has 0 unspecified atom stereocenters. The molecule has 20 heavy (non-hydrogen) atoms. The van der Waals surface area contributed by atoms with Crippen molar-refractivity contribution >= 4 is 34.1 Å². The average molecular weight is 312 g/mol. The maximum absolute atomic E-state index is 13.6. The van der Waals surface area contributed by atoms with Gasteiger partial charge < -0.3 is 10.1 Å². The maximum Gasteiger partial charge on any atom is 0.236 e. The molecule has 1 amide bonds. The molecule has 2 rings (SSSR count). The minimum atomic E-state index is -0.439. The van der Waals surface area contributed by atoms with E-state index >= 15 is 0 Å². The van der Waals surface area contributed by atoms with E-state index in [2.05, 4.69) is 10.3 Å². The van der Waals surface area contributed by atoms with E-state index in [1.54, 1.807) is 17.5 Å². The summed E-state index contributed by atoms with van der Waals surface area (Å²) in [6.45, 7) is 0. The highest BCUT2D eigenvalue weighted by Gasteiger charge is 2.10. The first-order chi connectivity index (χ1) is 9.63. The molecule has 0 spiro atoms. The first-order valence-electron chi connectivity index (χ1n) is 5.72. The van der Waals surface area contributed by atoms with Crippen LogP contribution in [0.15, 0.2) is 23.6 Å². The number of hydrogen-bond acceptors (Lipinski definition) is 5. The van der Waals surface area contributed by atoms with Crippen LogP contribution in [0.3, 0.4) is 0 Å². The number of carbonyl (C=O) groups is 1. The molecule has 2 aromatic rings. The van der Waals surface area contributed by atoms with Gasteiger partial charge in [0.25, 0.3) is 0 Å². The quantitative estimate of drug-likeness (QED) is 0.920. The number of thioether (sulfide) groups is 1. The van der Waals surface area contributed by atoms with Crippen LogP contribution in [0.1, 0.15) is 0 Å². The van der Waals surface area contributed by atoms with Crippen LogP contribution in [0.4, 0.5) is 9.52 Å². The zero-order valence-electron chi connectivity index (χ0n) is 11.0. The van der Waals surface area contributed by atoms with Gasteiger partial charge in [0, 0.05) is 10.9 Å². The van der Waals surface area contributed by atoms with E-state index in [-0.39, 0.29) is 11.7 Å². The lowest BCUT2D eigenvalue weighted by Gasteiger charge is -2.03. The van der Waals surface area contributed by atoms with Crippen molar-refractivity contribution in [2.24, 2.45) is 0 Å². The van der Waals surface area contributed by atoms with Crippen LogP contribution >= 0.6 is 23.1 Å². The lowest BCUT2D eigenvalue weighted by atomic mass is 10.1. The summed E-state index contributed by atoms with van der Waals surface area (Å²) in [6.07, 6.45) is 1.85. The fourth-order valence-electron chi connectivity index (χ4n) is 1.58. The molecule has 1 aromatic carbocycles. The van der Waals surface area contributed by atoms with Crippen LogP contribution in [-0.2, 0) is 4.79 Å². The first-order valence-corrected chi connectivity index (χ1v) is 7.99. The monoisotopic (exact) mass is 312 g/mol. The Morgan fingerprint density at radius 3 is 3.00 bits per heavy atom. The van der Waals surface area contributed by atoms with Crippen molar-refractivity contribution < 1.29 is 13.9 Å². The number of thiazole rings is 1. The van der Waals surface area contributed by atoms with Gasteiger partial charge in [-0.2, -0.15) is 11.8 Å². The molecule has 0 fully saturated rings. The van der Waals surface area contributed by atoms with Gasteiger partial charge in [-0.25, -0.2) is 9.37 Å². The molecule has 1 aromatic heterocycles. The van der Waals surface area contributed by atoms with Crippen LogP contribution in [-0.4, -0.2) is 30.0 Å². The van der Waals surface area contributed by atoms with Crippen molar-refractivity contribution in [3.8, 4) is 17.0 Å². The summed E-state index contributed by atoms with van der Waals surface area (Å²) in [4.78, 5) is 15.7. The number of nitrogens with one attached hydrogen (secondary N) is 1. The van der Waals surface area contributed by atoms with E-state index in [0.29, 0.717) is 22.1 Å². The molecule has 0 aliphatic heterocycles. The zero-order valence-corrected chi connectivity index (χ0v) is 12.6.